The first-order valence-corrected chi connectivity index (χ1v) is 7.52. The largest absolute Gasteiger partial charge is 0.481 e. The van der Waals surface area contributed by atoms with Gasteiger partial charge in [-0.05, 0) is 51.5 Å². The van der Waals surface area contributed by atoms with Crippen molar-refractivity contribution in [2.75, 3.05) is 7.11 Å². The maximum absolute atomic E-state index is 11.0. The van der Waals surface area contributed by atoms with E-state index in [-0.39, 0.29) is 5.60 Å². The summed E-state index contributed by atoms with van der Waals surface area (Å²) in [7, 11) is 1.72. The van der Waals surface area contributed by atoms with E-state index in [1.54, 1.807) is 14.0 Å². The van der Waals surface area contributed by atoms with Crippen LogP contribution in [-0.2, 0) is 21.6 Å². The molecule has 1 aromatic heterocycles. The second kappa shape index (κ2) is 6.10. The number of aromatic nitrogens is 2. The highest BCUT2D eigenvalue weighted by atomic mass is 16.5. The van der Waals surface area contributed by atoms with Gasteiger partial charge in [-0.2, -0.15) is 0 Å². The number of hydrogen-bond donors (Lipinski definition) is 1. The molecule has 21 heavy (non-hydrogen) atoms. The number of aliphatic carboxylic acids is 1. The Balaban J connectivity index is 2.35. The van der Waals surface area contributed by atoms with Gasteiger partial charge in [-0.3, -0.25) is 4.79 Å². The highest BCUT2D eigenvalue weighted by Crippen LogP contribution is 2.40. The number of aryl methyl sites for hydroxylation is 2. The zero-order chi connectivity index (χ0) is 15.6. The van der Waals surface area contributed by atoms with Crippen LogP contribution in [0, 0.1) is 19.8 Å². The van der Waals surface area contributed by atoms with Gasteiger partial charge in [-0.1, -0.05) is 6.92 Å². The van der Waals surface area contributed by atoms with E-state index >= 15 is 0 Å². The van der Waals surface area contributed by atoms with Crippen molar-refractivity contribution in [2.45, 2.75) is 58.5 Å². The molecule has 5 nitrogen and oxygen atoms in total. The number of ether oxygens (including phenoxy) is 1. The van der Waals surface area contributed by atoms with Gasteiger partial charge in [0, 0.05) is 18.5 Å². The van der Waals surface area contributed by atoms with E-state index in [1.165, 1.54) is 0 Å². The molecule has 0 aliphatic heterocycles. The lowest BCUT2D eigenvalue weighted by Crippen LogP contribution is -2.28. The Morgan fingerprint density at radius 3 is 2.24 bits per heavy atom. The molecule has 1 heterocycles. The van der Waals surface area contributed by atoms with Crippen LogP contribution >= 0.6 is 0 Å². The summed E-state index contributed by atoms with van der Waals surface area (Å²) >= 11 is 0. The number of methoxy groups -OCH3 is 1. The predicted octanol–water partition coefficient (Wildman–Crippen LogP) is 2.77. The Morgan fingerprint density at radius 1 is 1.29 bits per heavy atom. The van der Waals surface area contributed by atoms with Gasteiger partial charge in [0.25, 0.3) is 0 Å². The first-order valence-electron chi connectivity index (χ1n) is 7.52. The van der Waals surface area contributed by atoms with Crippen molar-refractivity contribution in [1.29, 1.82) is 0 Å². The number of carboxylic acids is 1. The second-order valence-corrected chi connectivity index (χ2v) is 6.05. The zero-order valence-corrected chi connectivity index (χ0v) is 13.3. The topological polar surface area (TPSA) is 72.3 Å². The molecule has 1 aromatic rings. The highest BCUT2D eigenvalue weighted by Gasteiger charge is 2.39. The molecule has 1 unspecified atom stereocenters. The molecule has 0 aromatic carbocycles. The lowest BCUT2D eigenvalue weighted by Gasteiger charge is -2.27. The average molecular weight is 292 g/mol. The number of carboxylic acid groups (broad SMARTS) is 1. The molecule has 0 spiro atoms. The van der Waals surface area contributed by atoms with Crippen molar-refractivity contribution < 1.29 is 14.6 Å². The van der Waals surface area contributed by atoms with Gasteiger partial charge in [0.05, 0.1) is 5.92 Å². The van der Waals surface area contributed by atoms with E-state index in [2.05, 4.69) is 9.97 Å². The zero-order valence-electron chi connectivity index (χ0n) is 13.3. The summed E-state index contributed by atoms with van der Waals surface area (Å²) in [6, 6.07) is 0. The van der Waals surface area contributed by atoms with Crippen molar-refractivity contribution in [3.63, 3.8) is 0 Å². The van der Waals surface area contributed by atoms with Gasteiger partial charge in [0.15, 0.2) is 5.82 Å². The molecule has 1 aliphatic rings. The first-order chi connectivity index (χ1) is 9.89. The van der Waals surface area contributed by atoms with E-state index in [0.29, 0.717) is 6.42 Å². The minimum atomic E-state index is -0.790. The van der Waals surface area contributed by atoms with Crippen molar-refractivity contribution in [1.82, 2.24) is 9.97 Å². The van der Waals surface area contributed by atoms with Crippen LogP contribution in [0.4, 0.5) is 0 Å². The van der Waals surface area contributed by atoms with Crippen LogP contribution in [0.5, 0.6) is 0 Å². The molecule has 1 N–H and O–H groups in total. The maximum atomic E-state index is 11.0. The number of rotatable bonds is 5. The number of carbonyl (C=O) groups is 1. The molecule has 116 valence electrons. The fourth-order valence-electron chi connectivity index (χ4n) is 3.10. The summed E-state index contributed by atoms with van der Waals surface area (Å²) in [5, 5.41) is 9.07. The van der Waals surface area contributed by atoms with Crippen molar-refractivity contribution in [3.8, 4) is 0 Å². The van der Waals surface area contributed by atoms with Gasteiger partial charge in [-0.25, -0.2) is 9.97 Å². The van der Waals surface area contributed by atoms with E-state index in [4.69, 9.17) is 9.84 Å². The Kier molecular flexibility index (Phi) is 4.61. The van der Waals surface area contributed by atoms with E-state index in [1.807, 2.05) is 13.8 Å². The third-order valence-corrected chi connectivity index (χ3v) is 4.56. The molecule has 0 radical (unpaired) electrons. The van der Waals surface area contributed by atoms with Crippen LogP contribution in [0.1, 0.15) is 55.4 Å². The lowest BCUT2D eigenvalue weighted by molar-refractivity contribution is -0.141. The van der Waals surface area contributed by atoms with Gasteiger partial charge in [0.1, 0.15) is 5.60 Å². The summed E-state index contributed by atoms with van der Waals surface area (Å²) in [6.45, 7) is 5.57. The van der Waals surface area contributed by atoms with Crippen molar-refractivity contribution in [3.05, 3.63) is 22.8 Å². The van der Waals surface area contributed by atoms with Gasteiger partial charge in [0.2, 0.25) is 0 Å². The van der Waals surface area contributed by atoms with Gasteiger partial charge < -0.3 is 9.84 Å². The SMILES string of the molecule is COC1(c2nc(C)c(CC(C)C(=O)O)c(C)n2)CCCC1. The first kappa shape index (κ1) is 15.9. The second-order valence-electron chi connectivity index (χ2n) is 6.05. The molecule has 2 rings (SSSR count). The normalized spacial score (nSPS) is 18.7. The Labute approximate surface area is 125 Å². The minimum absolute atomic E-state index is 0.355. The summed E-state index contributed by atoms with van der Waals surface area (Å²) in [6.07, 6.45) is 4.63. The summed E-state index contributed by atoms with van der Waals surface area (Å²) in [5.74, 6) is -0.467. The van der Waals surface area contributed by atoms with Crippen molar-refractivity contribution >= 4 is 5.97 Å². The quantitative estimate of drug-likeness (QED) is 0.903. The maximum Gasteiger partial charge on any atom is 0.306 e. The Bertz CT molecular complexity index is 513. The highest BCUT2D eigenvalue weighted by molar-refractivity contribution is 5.70. The molecular formula is C16H24N2O3. The van der Waals surface area contributed by atoms with Crippen LogP contribution in [0.15, 0.2) is 0 Å². The Morgan fingerprint density at radius 2 is 1.81 bits per heavy atom. The van der Waals surface area contributed by atoms with E-state index in [0.717, 1.165) is 48.5 Å². The third-order valence-electron chi connectivity index (χ3n) is 4.56. The number of nitrogens with zero attached hydrogens (tertiary/aromatic N) is 2. The van der Waals surface area contributed by atoms with Gasteiger partial charge >= 0.3 is 5.97 Å². The van der Waals surface area contributed by atoms with Crippen LogP contribution in [0.2, 0.25) is 0 Å². The van der Waals surface area contributed by atoms with Gasteiger partial charge in [-0.15, -0.1) is 0 Å². The number of hydrogen-bond acceptors (Lipinski definition) is 4. The van der Waals surface area contributed by atoms with Crippen LogP contribution in [0.3, 0.4) is 0 Å². The molecule has 0 saturated heterocycles. The fraction of sp³-hybridized carbons (Fsp3) is 0.688. The average Bonchev–Trinajstić information content (AvgIpc) is 2.92. The summed E-state index contributed by atoms with van der Waals surface area (Å²) in [5.41, 5.74) is 2.33. The third kappa shape index (κ3) is 3.07. The Hall–Kier alpha value is -1.49. The van der Waals surface area contributed by atoms with Crippen molar-refractivity contribution in [2.24, 2.45) is 5.92 Å². The standard InChI is InChI=1S/C16H24N2O3/c1-10(14(19)20)9-13-11(2)17-15(18-12(13)3)16(21-4)7-5-6-8-16/h10H,5-9H2,1-4H3,(H,19,20). The van der Waals surface area contributed by atoms with Crippen LogP contribution in [-0.4, -0.2) is 28.2 Å². The fourth-order valence-corrected chi connectivity index (χ4v) is 3.10. The lowest BCUT2D eigenvalue weighted by atomic mass is 9.96. The molecule has 1 saturated carbocycles. The molecule has 1 fully saturated rings. The summed E-state index contributed by atoms with van der Waals surface area (Å²) < 4.78 is 5.73. The predicted molar refractivity (Wildman–Crippen MR) is 79.2 cm³/mol. The minimum Gasteiger partial charge on any atom is -0.481 e. The molecule has 5 heteroatoms. The summed E-state index contributed by atoms with van der Waals surface area (Å²) in [4.78, 5) is 20.3. The van der Waals surface area contributed by atoms with Crippen LogP contribution in [0.25, 0.3) is 0 Å². The molecule has 0 bridgehead atoms. The molecule has 1 atom stereocenters. The molecule has 0 amide bonds. The molecular weight excluding hydrogens is 268 g/mol. The van der Waals surface area contributed by atoms with E-state index in [9.17, 15) is 4.79 Å². The smallest absolute Gasteiger partial charge is 0.306 e. The molecule has 1 aliphatic carbocycles. The van der Waals surface area contributed by atoms with Crippen LogP contribution < -0.4 is 0 Å². The van der Waals surface area contributed by atoms with E-state index < -0.39 is 11.9 Å². The monoisotopic (exact) mass is 292 g/mol.